The van der Waals surface area contributed by atoms with Gasteiger partial charge in [-0.25, -0.2) is 0 Å². The summed E-state index contributed by atoms with van der Waals surface area (Å²) in [5.41, 5.74) is 0. The molecule has 0 aromatic heterocycles. The first-order valence-corrected chi connectivity index (χ1v) is 6.64. The van der Waals surface area contributed by atoms with Gasteiger partial charge in [-0.1, -0.05) is 40.0 Å². The van der Waals surface area contributed by atoms with Gasteiger partial charge in [-0.3, -0.25) is 4.79 Å². The molecule has 5 heteroatoms. The van der Waals surface area contributed by atoms with Crippen molar-refractivity contribution < 1.29 is 24.9 Å². The van der Waals surface area contributed by atoms with Crippen molar-refractivity contribution >= 4 is 5.97 Å². The molecule has 0 aliphatic rings. The van der Waals surface area contributed by atoms with Crippen LogP contribution in [-0.4, -0.2) is 33.4 Å². The van der Waals surface area contributed by atoms with E-state index in [2.05, 4.69) is 13.8 Å². The van der Waals surface area contributed by atoms with Gasteiger partial charge in [0.2, 0.25) is 0 Å². The average molecular weight is 262 g/mol. The summed E-state index contributed by atoms with van der Waals surface area (Å²) in [5.74, 6) is -2.80. The fraction of sp³-hybridized carbons (Fsp3) is 0.923. The van der Waals surface area contributed by atoms with Crippen LogP contribution in [0.2, 0.25) is 0 Å². The molecule has 0 bridgehead atoms. The first-order valence-electron chi connectivity index (χ1n) is 6.64. The van der Waals surface area contributed by atoms with Gasteiger partial charge in [0, 0.05) is 6.42 Å². The van der Waals surface area contributed by atoms with Gasteiger partial charge >= 0.3 is 11.9 Å². The molecule has 0 spiro atoms. The number of unbranched alkanes of at least 4 members (excludes halogenated alkanes) is 2. The van der Waals surface area contributed by atoms with Crippen LogP contribution in [0.4, 0.5) is 0 Å². The summed E-state index contributed by atoms with van der Waals surface area (Å²) in [6, 6.07) is 0. The summed E-state index contributed by atoms with van der Waals surface area (Å²) in [6.07, 6.45) is 2.98. The Kier molecular flexibility index (Phi) is 8.15. The Morgan fingerprint density at radius 2 is 1.78 bits per heavy atom. The van der Waals surface area contributed by atoms with Crippen LogP contribution in [0.25, 0.3) is 0 Å². The van der Waals surface area contributed by atoms with Crippen molar-refractivity contribution in [3.05, 3.63) is 0 Å². The van der Waals surface area contributed by atoms with E-state index in [1.807, 2.05) is 0 Å². The largest absolute Gasteiger partial charge is 0.454 e. The number of esters is 1. The van der Waals surface area contributed by atoms with Gasteiger partial charge < -0.3 is 20.1 Å². The van der Waals surface area contributed by atoms with Crippen LogP contribution in [0.3, 0.4) is 0 Å². The average Bonchev–Trinajstić information content (AvgIpc) is 2.23. The van der Waals surface area contributed by atoms with Crippen molar-refractivity contribution in [1.82, 2.24) is 0 Å². The molecule has 18 heavy (non-hydrogen) atoms. The van der Waals surface area contributed by atoms with Crippen molar-refractivity contribution in [3.8, 4) is 0 Å². The Balaban J connectivity index is 3.77. The zero-order chi connectivity index (χ0) is 14.2. The van der Waals surface area contributed by atoms with Crippen molar-refractivity contribution in [2.75, 3.05) is 0 Å². The Bertz CT molecular complexity index is 232. The van der Waals surface area contributed by atoms with Crippen LogP contribution in [0, 0.1) is 5.92 Å². The van der Waals surface area contributed by atoms with Crippen LogP contribution in [0.1, 0.15) is 59.3 Å². The Morgan fingerprint density at radius 3 is 2.22 bits per heavy atom. The van der Waals surface area contributed by atoms with E-state index in [0.717, 1.165) is 25.7 Å². The molecule has 0 aromatic carbocycles. The van der Waals surface area contributed by atoms with Gasteiger partial charge in [0.05, 0.1) is 0 Å². The number of carbonyl (C=O) groups is 1. The molecule has 3 N–H and O–H groups in total. The Hall–Kier alpha value is -0.650. The molecule has 1 atom stereocenters. The van der Waals surface area contributed by atoms with E-state index >= 15 is 0 Å². The van der Waals surface area contributed by atoms with Gasteiger partial charge in [-0.15, -0.1) is 0 Å². The number of ether oxygens (including phenoxy) is 1. The molecule has 0 saturated carbocycles. The highest BCUT2D eigenvalue weighted by molar-refractivity contribution is 5.69. The molecule has 0 heterocycles. The van der Waals surface area contributed by atoms with Gasteiger partial charge in [0.15, 0.2) is 6.10 Å². The maximum absolute atomic E-state index is 11.4. The number of carbonyl (C=O) groups excluding carboxylic acids is 1. The molecule has 0 radical (unpaired) electrons. The minimum atomic E-state index is -2.96. The van der Waals surface area contributed by atoms with Crippen LogP contribution in [-0.2, 0) is 9.53 Å². The molecule has 0 aliphatic carbocycles. The zero-order valence-electron chi connectivity index (χ0n) is 11.6. The summed E-state index contributed by atoms with van der Waals surface area (Å²) in [4.78, 5) is 11.4. The molecule has 0 aliphatic heterocycles. The van der Waals surface area contributed by atoms with E-state index in [1.165, 1.54) is 0 Å². The fourth-order valence-corrected chi connectivity index (χ4v) is 1.65. The third-order valence-electron chi connectivity index (χ3n) is 2.74. The molecule has 0 rings (SSSR count). The third-order valence-corrected chi connectivity index (χ3v) is 2.74. The fourth-order valence-electron chi connectivity index (χ4n) is 1.65. The first-order chi connectivity index (χ1) is 8.27. The zero-order valence-corrected chi connectivity index (χ0v) is 11.6. The van der Waals surface area contributed by atoms with E-state index in [1.54, 1.807) is 6.92 Å². The molecule has 0 saturated heterocycles. The summed E-state index contributed by atoms with van der Waals surface area (Å²) in [6.45, 7) is 5.91. The highest BCUT2D eigenvalue weighted by Gasteiger charge is 2.33. The van der Waals surface area contributed by atoms with Gasteiger partial charge in [-0.2, -0.15) is 0 Å². The first kappa shape index (κ1) is 17.4. The smallest absolute Gasteiger partial charge is 0.314 e. The number of hydrogen-bond donors (Lipinski definition) is 3. The van der Waals surface area contributed by atoms with Crippen molar-refractivity contribution in [3.63, 3.8) is 0 Å². The molecule has 0 amide bonds. The van der Waals surface area contributed by atoms with Gasteiger partial charge in [-0.05, 0) is 18.8 Å². The SMILES string of the molecule is CCC(OC(=O)CCCCCC(C)C)C(O)(O)O. The second-order valence-corrected chi connectivity index (χ2v) is 5.07. The second-order valence-electron chi connectivity index (χ2n) is 5.07. The lowest BCUT2D eigenvalue weighted by atomic mass is 10.0. The minimum absolute atomic E-state index is 0.141. The summed E-state index contributed by atoms with van der Waals surface area (Å²) in [5, 5.41) is 26.8. The molecule has 0 aromatic rings. The lowest BCUT2D eigenvalue weighted by molar-refractivity contribution is -0.356. The van der Waals surface area contributed by atoms with E-state index in [4.69, 9.17) is 20.1 Å². The molecule has 5 nitrogen and oxygen atoms in total. The van der Waals surface area contributed by atoms with Crippen molar-refractivity contribution in [2.45, 2.75) is 71.4 Å². The van der Waals surface area contributed by atoms with Crippen LogP contribution in [0.5, 0.6) is 0 Å². The van der Waals surface area contributed by atoms with E-state index < -0.39 is 18.0 Å². The van der Waals surface area contributed by atoms with Crippen molar-refractivity contribution in [2.24, 2.45) is 5.92 Å². The Labute approximate surface area is 109 Å². The van der Waals surface area contributed by atoms with Crippen LogP contribution >= 0.6 is 0 Å². The third kappa shape index (κ3) is 8.44. The highest BCUT2D eigenvalue weighted by atomic mass is 16.7. The molecular formula is C13H26O5. The summed E-state index contributed by atoms with van der Waals surface area (Å²) >= 11 is 0. The maximum Gasteiger partial charge on any atom is 0.314 e. The topological polar surface area (TPSA) is 87.0 Å². The predicted molar refractivity (Wildman–Crippen MR) is 67.5 cm³/mol. The van der Waals surface area contributed by atoms with Gasteiger partial charge in [0.25, 0.3) is 0 Å². The van der Waals surface area contributed by atoms with Crippen LogP contribution < -0.4 is 0 Å². The summed E-state index contributed by atoms with van der Waals surface area (Å²) < 4.78 is 4.80. The lowest BCUT2D eigenvalue weighted by Crippen LogP contribution is -2.44. The monoisotopic (exact) mass is 262 g/mol. The standard InChI is InChI=1S/C13H26O5/c1-4-11(13(15,16)17)18-12(14)9-7-5-6-8-10(2)3/h10-11,15-17H,4-9H2,1-3H3. The van der Waals surface area contributed by atoms with E-state index in [0.29, 0.717) is 5.92 Å². The Morgan fingerprint density at radius 1 is 1.17 bits per heavy atom. The highest BCUT2D eigenvalue weighted by Crippen LogP contribution is 2.14. The molecular weight excluding hydrogens is 236 g/mol. The lowest BCUT2D eigenvalue weighted by Gasteiger charge is -2.24. The summed E-state index contributed by atoms with van der Waals surface area (Å²) in [7, 11) is 0. The number of aliphatic hydroxyl groups is 3. The van der Waals surface area contributed by atoms with E-state index in [9.17, 15) is 4.79 Å². The molecule has 0 fully saturated rings. The van der Waals surface area contributed by atoms with E-state index in [-0.39, 0.29) is 12.8 Å². The quantitative estimate of drug-likeness (QED) is 0.333. The molecule has 108 valence electrons. The van der Waals surface area contributed by atoms with Gasteiger partial charge in [0.1, 0.15) is 0 Å². The maximum atomic E-state index is 11.4. The normalized spacial score (nSPS) is 13.7. The predicted octanol–water partition coefficient (Wildman–Crippen LogP) is 1.55. The number of hydrogen-bond acceptors (Lipinski definition) is 5. The number of rotatable bonds is 9. The minimum Gasteiger partial charge on any atom is -0.454 e. The van der Waals surface area contributed by atoms with Crippen LogP contribution in [0.15, 0.2) is 0 Å². The molecule has 1 unspecified atom stereocenters. The van der Waals surface area contributed by atoms with Crippen molar-refractivity contribution in [1.29, 1.82) is 0 Å². The second kappa shape index (κ2) is 8.45.